The number of hydrogen-bond donors (Lipinski definition) is 1. The monoisotopic (exact) mass is 341 g/mol. The van der Waals surface area contributed by atoms with E-state index in [0.717, 1.165) is 24.0 Å². The summed E-state index contributed by atoms with van der Waals surface area (Å²) in [6.45, 7) is 2.51. The maximum atomic E-state index is 12.8. The van der Waals surface area contributed by atoms with Gasteiger partial charge in [-0.3, -0.25) is 14.4 Å². The lowest BCUT2D eigenvalue weighted by Crippen LogP contribution is -2.45. The Hall–Kier alpha value is -2.63. The van der Waals surface area contributed by atoms with Crippen LogP contribution in [0, 0.1) is 5.92 Å². The molecule has 0 radical (unpaired) electrons. The molecular formula is C19H23N3O3. The van der Waals surface area contributed by atoms with Crippen LogP contribution in [-0.4, -0.2) is 40.6 Å². The van der Waals surface area contributed by atoms with Crippen molar-refractivity contribution in [3.8, 4) is 0 Å². The van der Waals surface area contributed by atoms with Gasteiger partial charge in [0.05, 0.1) is 18.4 Å². The Morgan fingerprint density at radius 1 is 1.24 bits per heavy atom. The summed E-state index contributed by atoms with van der Waals surface area (Å²) in [5.74, 6) is -0.779. The summed E-state index contributed by atoms with van der Waals surface area (Å²) in [7, 11) is 0. The van der Waals surface area contributed by atoms with Crippen LogP contribution in [-0.2, 0) is 14.4 Å². The fraction of sp³-hybridized carbons (Fsp3) is 0.421. The summed E-state index contributed by atoms with van der Waals surface area (Å²) >= 11 is 0. The molecule has 0 spiro atoms. The number of nitrogens with two attached hydrogens (primary N) is 1. The zero-order valence-corrected chi connectivity index (χ0v) is 14.4. The number of amides is 3. The maximum Gasteiger partial charge on any atom is 0.225 e. The second kappa shape index (κ2) is 7.09. The number of likely N-dealkylation sites (tertiary alicyclic amines) is 1. The molecule has 3 rings (SSSR count). The molecule has 1 fully saturated rings. The maximum absolute atomic E-state index is 12.8. The topological polar surface area (TPSA) is 83.7 Å². The molecule has 2 heterocycles. The molecule has 2 aliphatic rings. The van der Waals surface area contributed by atoms with Gasteiger partial charge in [-0.05, 0) is 30.0 Å². The van der Waals surface area contributed by atoms with E-state index in [4.69, 9.17) is 5.73 Å². The first kappa shape index (κ1) is 17.2. The van der Waals surface area contributed by atoms with Gasteiger partial charge in [0, 0.05) is 26.2 Å². The van der Waals surface area contributed by atoms with E-state index in [-0.39, 0.29) is 36.1 Å². The molecule has 0 unspecified atom stereocenters. The van der Waals surface area contributed by atoms with Crippen LogP contribution in [0.5, 0.6) is 0 Å². The van der Waals surface area contributed by atoms with Crippen molar-refractivity contribution in [3.63, 3.8) is 0 Å². The number of fused-ring (bicyclic) bond motifs is 1. The smallest absolute Gasteiger partial charge is 0.225 e. The van der Waals surface area contributed by atoms with Crippen molar-refractivity contribution >= 4 is 23.8 Å². The summed E-state index contributed by atoms with van der Waals surface area (Å²) in [4.78, 5) is 39.6. The Kier molecular flexibility index (Phi) is 4.88. The Morgan fingerprint density at radius 3 is 2.72 bits per heavy atom. The Morgan fingerprint density at radius 2 is 2.00 bits per heavy atom. The lowest BCUT2D eigenvalue weighted by atomic mass is 9.92. The van der Waals surface area contributed by atoms with Gasteiger partial charge in [0.15, 0.2) is 0 Å². The molecule has 0 saturated carbocycles. The van der Waals surface area contributed by atoms with Crippen molar-refractivity contribution in [3.05, 3.63) is 41.6 Å². The molecule has 1 aromatic rings. The lowest BCUT2D eigenvalue weighted by molar-refractivity contribution is -0.137. The number of carbonyl (C=O) groups excluding carboxylic acids is 3. The molecule has 0 bridgehead atoms. The van der Waals surface area contributed by atoms with Crippen molar-refractivity contribution in [2.45, 2.75) is 32.2 Å². The van der Waals surface area contributed by atoms with Gasteiger partial charge in [-0.1, -0.05) is 24.3 Å². The van der Waals surface area contributed by atoms with E-state index in [2.05, 4.69) is 0 Å². The number of benzene rings is 1. The van der Waals surface area contributed by atoms with Gasteiger partial charge < -0.3 is 15.5 Å². The average Bonchev–Trinajstić information content (AvgIpc) is 2.61. The van der Waals surface area contributed by atoms with Crippen LogP contribution in [0.1, 0.15) is 43.4 Å². The van der Waals surface area contributed by atoms with Gasteiger partial charge >= 0.3 is 0 Å². The highest BCUT2D eigenvalue weighted by Gasteiger charge is 2.32. The third-order valence-corrected chi connectivity index (χ3v) is 5.01. The lowest BCUT2D eigenvalue weighted by Gasteiger charge is -2.36. The normalized spacial score (nSPS) is 22.4. The number of piperidine rings is 1. The second-order valence-electron chi connectivity index (χ2n) is 6.67. The van der Waals surface area contributed by atoms with Crippen molar-refractivity contribution in [2.75, 3.05) is 13.1 Å². The van der Waals surface area contributed by atoms with Gasteiger partial charge in [-0.2, -0.15) is 0 Å². The number of carbonyl (C=O) groups is 3. The van der Waals surface area contributed by atoms with Crippen LogP contribution in [0.25, 0.3) is 6.08 Å². The van der Waals surface area contributed by atoms with Crippen molar-refractivity contribution in [1.29, 1.82) is 0 Å². The molecule has 3 amide bonds. The largest absolute Gasteiger partial charge is 0.369 e. The van der Waals surface area contributed by atoms with Crippen LogP contribution in [0.2, 0.25) is 0 Å². The number of rotatable bonds is 3. The van der Waals surface area contributed by atoms with Gasteiger partial charge in [0.1, 0.15) is 0 Å². The molecule has 2 atom stereocenters. The molecule has 0 aromatic heterocycles. The van der Waals surface area contributed by atoms with E-state index in [9.17, 15) is 14.4 Å². The van der Waals surface area contributed by atoms with Gasteiger partial charge in [-0.25, -0.2) is 0 Å². The molecule has 1 aromatic carbocycles. The van der Waals surface area contributed by atoms with E-state index in [1.54, 1.807) is 16.0 Å². The van der Waals surface area contributed by atoms with Crippen molar-refractivity contribution in [2.24, 2.45) is 11.7 Å². The van der Waals surface area contributed by atoms with Gasteiger partial charge in [-0.15, -0.1) is 0 Å². The van der Waals surface area contributed by atoms with Crippen molar-refractivity contribution < 1.29 is 14.4 Å². The van der Waals surface area contributed by atoms with Crippen molar-refractivity contribution in [1.82, 2.24) is 9.80 Å². The molecule has 0 aliphatic carbocycles. The first-order chi connectivity index (χ1) is 12.0. The van der Waals surface area contributed by atoms with Crippen LogP contribution in [0.15, 0.2) is 30.5 Å². The first-order valence-electron chi connectivity index (χ1n) is 8.60. The molecule has 6 heteroatoms. The zero-order valence-electron chi connectivity index (χ0n) is 14.4. The zero-order chi connectivity index (χ0) is 18.0. The number of nitrogens with zero attached hydrogens (tertiary/aromatic N) is 2. The minimum Gasteiger partial charge on any atom is -0.369 e. The molecule has 25 heavy (non-hydrogen) atoms. The second-order valence-corrected chi connectivity index (χ2v) is 6.67. The quantitative estimate of drug-likeness (QED) is 0.908. The van der Waals surface area contributed by atoms with Crippen LogP contribution in [0.4, 0.5) is 0 Å². The summed E-state index contributed by atoms with van der Waals surface area (Å²) in [5.41, 5.74) is 7.39. The summed E-state index contributed by atoms with van der Waals surface area (Å²) in [5, 5.41) is 0. The highest BCUT2D eigenvalue weighted by Crippen LogP contribution is 2.33. The molecular weight excluding hydrogens is 318 g/mol. The van der Waals surface area contributed by atoms with E-state index < -0.39 is 0 Å². The summed E-state index contributed by atoms with van der Waals surface area (Å²) in [6.07, 6.45) is 5.34. The standard InChI is InChI=1S/C19H23N3O3/c1-13(23)22-10-8-14-5-2-3-7-16(14)17(22)11-18(24)21-9-4-6-15(12-21)19(20)25/h2-3,5,7-8,10,15,17H,4,6,9,11-12H2,1H3,(H2,20,25)/t15-,17-/m1/s1. The van der Waals surface area contributed by atoms with Gasteiger partial charge in [0.2, 0.25) is 17.7 Å². The predicted octanol–water partition coefficient (Wildman–Crippen LogP) is 1.67. The molecule has 6 nitrogen and oxygen atoms in total. The number of hydrogen-bond acceptors (Lipinski definition) is 3. The Bertz CT molecular complexity index is 728. The minimum absolute atomic E-state index is 0.0488. The molecule has 132 valence electrons. The molecule has 1 saturated heterocycles. The third-order valence-electron chi connectivity index (χ3n) is 5.01. The minimum atomic E-state index is -0.353. The van der Waals surface area contributed by atoms with Crippen LogP contribution < -0.4 is 5.73 Å². The molecule has 2 N–H and O–H groups in total. The Labute approximate surface area is 147 Å². The Balaban J connectivity index is 1.79. The van der Waals surface area contributed by atoms with E-state index >= 15 is 0 Å². The van der Waals surface area contributed by atoms with Crippen LogP contribution >= 0.6 is 0 Å². The van der Waals surface area contributed by atoms with E-state index in [1.165, 1.54) is 6.92 Å². The molecule has 2 aliphatic heterocycles. The van der Waals surface area contributed by atoms with E-state index in [0.29, 0.717) is 13.1 Å². The van der Waals surface area contributed by atoms with Gasteiger partial charge in [0.25, 0.3) is 0 Å². The highest BCUT2D eigenvalue weighted by atomic mass is 16.2. The summed E-state index contributed by atoms with van der Waals surface area (Å²) < 4.78 is 0. The SMILES string of the molecule is CC(=O)N1C=Cc2ccccc2[C@H]1CC(=O)N1CCC[C@@H](C(N)=O)C1. The highest BCUT2D eigenvalue weighted by molar-refractivity contribution is 5.83. The van der Waals surface area contributed by atoms with E-state index in [1.807, 2.05) is 30.3 Å². The average molecular weight is 341 g/mol. The van der Waals surface area contributed by atoms with Crippen LogP contribution in [0.3, 0.4) is 0 Å². The predicted molar refractivity (Wildman–Crippen MR) is 93.9 cm³/mol. The fourth-order valence-corrected chi connectivity index (χ4v) is 3.64. The fourth-order valence-electron chi connectivity index (χ4n) is 3.64. The summed E-state index contributed by atoms with van der Waals surface area (Å²) in [6, 6.07) is 7.46. The first-order valence-corrected chi connectivity index (χ1v) is 8.60. The third kappa shape index (κ3) is 3.57. The number of primary amides is 1.